The van der Waals surface area contributed by atoms with Gasteiger partial charge < -0.3 is 0 Å². The molecule has 3 rings (SSSR count). The predicted molar refractivity (Wildman–Crippen MR) is 88.7 cm³/mol. The Labute approximate surface area is 130 Å². The molecule has 0 atom stereocenters. The molecule has 1 aromatic heterocycles. The Kier molecular flexibility index (Phi) is 4.08. The molecule has 22 heavy (non-hydrogen) atoms. The summed E-state index contributed by atoms with van der Waals surface area (Å²) in [6, 6.07) is 25.9. The number of allylic oxidation sites excluding steroid dienone is 1. The molecule has 0 saturated carbocycles. The summed E-state index contributed by atoms with van der Waals surface area (Å²) in [6.45, 7) is 0. The number of rotatable bonds is 3. The van der Waals surface area contributed by atoms with E-state index in [0.717, 1.165) is 22.3 Å². The maximum absolute atomic E-state index is 9.74. The maximum atomic E-state index is 9.74. The van der Waals surface area contributed by atoms with Crippen molar-refractivity contribution in [2.45, 2.75) is 0 Å². The lowest BCUT2D eigenvalue weighted by molar-refractivity contribution is 1.31. The average Bonchev–Trinajstić information content (AvgIpc) is 2.62. The van der Waals surface area contributed by atoms with Crippen molar-refractivity contribution in [1.82, 2.24) is 4.98 Å². The molecule has 1 heterocycles. The van der Waals surface area contributed by atoms with Gasteiger partial charge in [-0.15, -0.1) is 0 Å². The Balaban J connectivity index is 2.30. The third-order valence-electron chi connectivity index (χ3n) is 3.44. The summed E-state index contributed by atoms with van der Waals surface area (Å²) in [6.07, 6.45) is 3.53. The number of hydrogen-bond donors (Lipinski definition) is 0. The fraction of sp³-hybridized carbons (Fsp3) is 0. The van der Waals surface area contributed by atoms with Crippen molar-refractivity contribution in [3.8, 4) is 6.07 Å². The van der Waals surface area contributed by atoms with E-state index in [4.69, 9.17) is 0 Å². The molecular formula is C20H14N2. The summed E-state index contributed by atoms with van der Waals surface area (Å²) in [5.41, 5.74) is 4.42. The second kappa shape index (κ2) is 6.51. The molecule has 0 radical (unpaired) electrons. The Hall–Kier alpha value is -3.18. The van der Waals surface area contributed by atoms with Crippen LogP contribution in [0.1, 0.15) is 16.7 Å². The minimum absolute atomic E-state index is 0.653. The first kappa shape index (κ1) is 13.8. The van der Waals surface area contributed by atoms with Crippen LogP contribution in [0.15, 0.2) is 85.2 Å². The molecule has 0 spiro atoms. The average molecular weight is 282 g/mol. The zero-order valence-corrected chi connectivity index (χ0v) is 12.0. The number of nitrogens with zero attached hydrogens (tertiary/aromatic N) is 2. The zero-order valence-electron chi connectivity index (χ0n) is 12.0. The standard InChI is InChI=1S/C20H14N2/c21-14-19(16-8-3-1-4-9-16)20(17-10-5-2-6-11-17)18-12-7-13-22-15-18/h1-13,15H/b20-19-. The van der Waals surface area contributed by atoms with Gasteiger partial charge in [-0.3, -0.25) is 4.98 Å². The Morgan fingerprint density at radius 2 is 1.32 bits per heavy atom. The summed E-state index contributed by atoms with van der Waals surface area (Å²) < 4.78 is 0. The van der Waals surface area contributed by atoms with Crippen molar-refractivity contribution < 1.29 is 0 Å². The van der Waals surface area contributed by atoms with Gasteiger partial charge in [-0.1, -0.05) is 66.7 Å². The quantitative estimate of drug-likeness (QED) is 0.521. The van der Waals surface area contributed by atoms with Crippen molar-refractivity contribution in [2.24, 2.45) is 0 Å². The van der Waals surface area contributed by atoms with Crippen LogP contribution in [-0.4, -0.2) is 4.98 Å². The van der Waals surface area contributed by atoms with Gasteiger partial charge >= 0.3 is 0 Å². The molecule has 3 aromatic rings. The van der Waals surface area contributed by atoms with Crippen molar-refractivity contribution >= 4 is 11.1 Å². The fourth-order valence-corrected chi connectivity index (χ4v) is 2.44. The molecule has 2 aromatic carbocycles. The van der Waals surface area contributed by atoms with Crippen molar-refractivity contribution in [1.29, 1.82) is 5.26 Å². The Bertz CT molecular complexity index is 772. The molecule has 0 N–H and O–H groups in total. The molecule has 0 aliphatic heterocycles. The maximum Gasteiger partial charge on any atom is 0.100 e. The lowest BCUT2D eigenvalue weighted by Crippen LogP contribution is -1.94. The number of pyridine rings is 1. The lowest BCUT2D eigenvalue weighted by Gasteiger charge is -2.11. The third kappa shape index (κ3) is 2.79. The van der Waals surface area contributed by atoms with Crippen LogP contribution in [0.4, 0.5) is 0 Å². The highest BCUT2D eigenvalue weighted by Gasteiger charge is 2.13. The third-order valence-corrected chi connectivity index (χ3v) is 3.44. The van der Waals surface area contributed by atoms with Crippen LogP contribution in [0.5, 0.6) is 0 Å². The topological polar surface area (TPSA) is 36.7 Å². The van der Waals surface area contributed by atoms with Crippen LogP contribution < -0.4 is 0 Å². The van der Waals surface area contributed by atoms with E-state index in [1.165, 1.54) is 0 Å². The number of aromatic nitrogens is 1. The smallest absolute Gasteiger partial charge is 0.100 e. The highest BCUT2D eigenvalue weighted by atomic mass is 14.6. The van der Waals surface area contributed by atoms with Crippen molar-refractivity contribution in [3.63, 3.8) is 0 Å². The van der Waals surface area contributed by atoms with E-state index in [0.29, 0.717) is 5.57 Å². The van der Waals surface area contributed by atoms with E-state index in [1.807, 2.05) is 72.8 Å². The first-order valence-electron chi connectivity index (χ1n) is 7.06. The first-order valence-corrected chi connectivity index (χ1v) is 7.06. The highest BCUT2D eigenvalue weighted by Crippen LogP contribution is 2.31. The van der Waals surface area contributed by atoms with Gasteiger partial charge in [-0.2, -0.15) is 5.26 Å². The summed E-state index contributed by atoms with van der Waals surface area (Å²) in [4.78, 5) is 4.20. The predicted octanol–water partition coefficient (Wildman–Crippen LogP) is 4.56. The van der Waals surface area contributed by atoms with E-state index < -0.39 is 0 Å². The molecule has 2 nitrogen and oxygen atoms in total. The Morgan fingerprint density at radius 3 is 1.86 bits per heavy atom. The van der Waals surface area contributed by atoms with Gasteiger partial charge in [0, 0.05) is 23.5 Å². The summed E-state index contributed by atoms with van der Waals surface area (Å²) in [5.74, 6) is 0. The van der Waals surface area contributed by atoms with Crippen molar-refractivity contribution in [2.75, 3.05) is 0 Å². The number of benzene rings is 2. The van der Waals surface area contributed by atoms with E-state index in [-0.39, 0.29) is 0 Å². The van der Waals surface area contributed by atoms with E-state index in [2.05, 4.69) is 11.1 Å². The molecule has 0 aliphatic carbocycles. The largest absolute Gasteiger partial charge is 0.264 e. The summed E-state index contributed by atoms with van der Waals surface area (Å²) in [5, 5.41) is 9.74. The molecule has 0 unspecified atom stereocenters. The molecule has 0 amide bonds. The zero-order chi connectivity index (χ0) is 15.2. The minimum Gasteiger partial charge on any atom is -0.264 e. The van der Waals surface area contributed by atoms with E-state index in [1.54, 1.807) is 12.4 Å². The first-order chi connectivity index (χ1) is 10.9. The Morgan fingerprint density at radius 1 is 0.727 bits per heavy atom. The second-order valence-electron chi connectivity index (χ2n) is 4.84. The van der Waals surface area contributed by atoms with Crippen molar-refractivity contribution in [3.05, 3.63) is 102 Å². The highest BCUT2D eigenvalue weighted by molar-refractivity contribution is 6.03. The molecule has 0 bridgehead atoms. The number of hydrogen-bond acceptors (Lipinski definition) is 2. The molecular weight excluding hydrogens is 268 g/mol. The molecule has 0 aliphatic rings. The van der Waals surface area contributed by atoms with Crippen LogP contribution in [-0.2, 0) is 0 Å². The van der Waals surface area contributed by atoms with Crippen LogP contribution in [0.3, 0.4) is 0 Å². The van der Waals surface area contributed by atoms with Gasteiger partial charge in [0.25, 0.3) is 0 Å². The SMILES string of the molecule is N#C/C(=C(\c1ccccc1)c1cccnc1)c1ccccc1. The minimum atomic E-state index is 0.653. The van der Waals surface area contributed by atoms with Gasteiger partial charge in [0.1, 0.15) is 6.07 Å². The van der Waals surface area contributed by atoms with Gasteiger partial charge in [-0.05, 0) is 17.2 Å². The second-order valence-corrected chi connectivity index (χ2v) is 4.84. The molecule has 0 fully saturated rings. The molecule has 104 valence electrons. The van der Waals surface area contributed by atoms with Gasteiger partial charge in [0.05, 0.1) is 5.57 Å². The fourth-order valence-electron chi connectivity index (χ4n) is 2.44. The number of nitriles is 1. The van der Waals surface area contributed by atoms with E-state index in [9.17, 15) is 5.26 Å². The van der Waals surface area contributed by atoms with Crippen LogP contribution in [0, 0.1) is 11.3 Å². The van der Waals surface area contributed by atoms with Gasteiger partial charge in [0.15, 0.2) is 0 Å². The summed E-state index contributed by atoms with van der Waals surface area (Å²) >= 11 is 0. The van der Waals surface area contributed by atoms with Crippen LogP contribution in [0.25, 0.3) is 11.1 Å². The molecule has 0 saturated heterocycles. The van der Waals surface area contributed by atoms with Crippen LogP contribution in [0.2, 0.25) is 0 Å². The van der Waals surface area contributed by atoms with E-state index >= 15 is 0 Å². The monoisotopic (exact) mass is 282 g/mol. The van der Waals surface area contributed by atoms with Crippen LogP contribution >= 0.6 is 0 Å². The lowest BCUT2D eigenvalue weighted by atomic mass is 9.91. The summed E-state index contributed by atoms with van der Waals surface area (Å²) in [7, 11) is 0. The van der Waals surface area contributed by atoms with Gasteiger partial charge in [0.2, 0.25) is 0 Å². The molecule has 2 heteroatoms. The van der Waals surface area contributed by atoms with Gasteiger partial charge in [-0.25, -0.2) is 0 Å². The normalized spacial score (nSPS) is 11.4.